The van der Waals surface area contributed by atoms with Crippen LogP contribution < -0.4 is 0 Å². The molecule has 9 heavy (non-hydrogen) atoms. The average Bonchev–Trinajstić information content (AvgIpc) is 1.85. The Labute approximate surface area is 52.8 Å². The summed E-state index contributed by atoms with van der Waals surface area (Å²) in [5, 5.41) is 7.80. The van der Waals surface area contributed by atoms with Crippen LogP contribution in [0, 0.1) is 11.5 Å². The topological polar surface area (TPSA) is 62.4 Å². The van der Waals surface area contributed by atoms with Gasteiger partial charge in [0.25, 0.3) is 0 Å². The molecule has 0 bridgehead atoms. The van der Waals surface area contributed by atoms with Crippen LogP contribution in [0.15, 0.2) is 4.99 Å². The van der Waals surface area contributed by atoms with Crippen molar-refractivity contribution in [2.45, 2.75) is 6.92 Å². The van der Waals surface area contributed by atoms with E-state index in [0.29, 0.717) is 0 Å². The van der Waals surface area contributed by atoms with E-state index in [1.807, 2.05) is 6.21 Å². The second-order valence-corrected chi connectivity index (χ2v) is 1.04. The van der Waals surface area contributed by atoms with E-state index in [4.69, 9.17) is 5.26 Å². The van der Waals surface area contributed by atoms with Gasteiger partial charge in [0.1, 0.15) is 0 Å². The van der Waals surface area contributed by atoms with Gasteiger partial charge in [-0.1, -0.05) is 0 Å². The number of carbonyl (C=O) groups excluding carboxylic acids is 1. The highest BCUT2D eigenvalue weighted by molar-refractivity contribution is 6.23. The fourth-order valence-corrected chi connectivity index (χ4v) is 0.234. The van der Waals surface area contributed by atoms with Crippen LogP contribution in [0.25, 0.3) is 0 Å². The van der Waals surface area contributed by atoms with E-state index >= 15 is 0 Å². The molecule has 0 aromatic rings. The summed E-state index contributed by atoms with van der Waals surface area (Å²) in [6, 6.07) is 0. The van der Waals surface area contributed by atoms with Crippen molar-refractivity contribution in [1.82, 2.24) is 0 Å². The van der Waals surface area contributed by atoms with Gasteiger partial charge in [-0.25, -0.2) is 4.79 Å². The van der Waals surface area contributed by atoms with E-state index < -0.39 is 5.97 Å². The van der Waals surface area contributed by atoms with Gasteiger partial charge in [0.2, 0.25) is 6.19 Å². The molecule has 0 atom stereocenters. The highest BCUT2D eigenvalue weighted by atomic mass is 16.5. The molecule has 0 N–H and O–H groups in total. The predicted octanol–water partition coefficient (Wildman–Crippen LogP) is -0.0216. The number of rotatable bonds is 2. The van der Waals surface area contributed by atoms with Gasteiger partial charge in [-0.2, -0.15) is 10.3 Å². The number of hydrogen-bond acceptors (Lipinski definition) is 4. The molecule has 0 aromatic carbocycles. The molecule has 0 saturated carbocycles. The molecule has 4 nitrogen and oxygen atoms in total. The van der Waals surface area contributed by atoms with Crippen molar-refractivity contribution in [3.05, 3.63) is 0 Å². The number of carbonyl (C=O) groups is 1. The minimum atomic E-state index is -0.709. The first-order valence-corrected chi connectivity index (χ1v) is 2.32. The van der Waals surface area contributed by atoms with E-state index in [9.17, 15) is 4.79 Å². The van der Waals surface area contributed by atoms with Crippen molar-refractivity contribution < 1.29 is 9.53 Å². The maximum Gasteiger partial charge on any atom is 0.360 e. The molecule has 47 valence electrons. The number of hydrogen-bond donors (Lipinski definition) is 0. The van der Waals surface area contributed by atoms with Gasteiger partial charge in [0, 0.05) is 0 Å². The lowest BCUT2D eigenvalue weighted by Crippen LogP contribution is -2.03. The molecular formula is C5H5N2O2. The van der Waals surface area contributed by atoms with Gasteiger partial charge < -0.3 is 4.74 Å². The molecule has 0 fully saturated rings. The van der Waals surface area contributed by atoms with Gasteiger partial charge in [-0.05, 0) is 6.92 Å². The molecule has 0 spiro atoms. The first-order valence-electron chi connectivity index (χ1n) is 2.32. The molecule has 4 heteroatoms. The van der Waals surface area contributed by atoms with Crippen LogP contribution in [0.4, 0.5) is 0 Å². The van der Waals surface area contributed by atoms with Crippen molar-refractivity contribution in [2.24, 2.45) is 4.99 Å². The van der Waals surface area contributed by atoms with E-state index in [0.717, 1.165) is 0 Å². The predicted molar refractivity (Wildman–Crippen MR) is 29.7 cm³/mol. The minimum Gasteiger partial charge on any atom is -0.461 e. The summed E-state index contributed by atoms with van der Waals surface area (Å²) in [5.74, 6) is -0.709. The summed E-state index contributed by atoms with van der Waals surface area (Å²) >= 11 is 0. The van der Waals surface area contributed by atoms with Gasteiger partial charge in [0.05, 0.1) is 6.61 Å². The Morgan fingerprint density at radius 1 is 1.89 bits per heavy atom. The van der Waals surface area contributed by atoms with E-state index in [1.165, 1.54) is 6.19 Å². The summed E-state index contributed by atoms with van der Waals surface area (Å²) in [7, 11) is 0. The summed E-state index contributed by atoms with van der Waals surface area (Å²) in [6.07, 6.45) is 3.21. The molecular weight excluding hydrogens is 120 g/mol. The Morgan fingerprint density at radius 3 is 3.00 bits per heavy atom. The third kappa shape index (κ3) is 4.48. The maximum absolute atomic E-state index is 10.2. The number of nitrogens with zero attached hydrogens (tertiary/aromatic N) is 2. The zero-order chi connectivity index (χ0) is 7.11. The maximum atomic E-state index is 10.2. The zero-order valence-electron chi connectivity index (χ0n) is 4.92. The van der Waals surface area contributed by atoms with Crippen molar-refractivity contribution in [2.75, 3.05) is 6.61 Å². The second kappa shape index (κ2) is 4.78. The summed E-state index contributed by atoms with van der Waals surface area (Å²) in [6.45, 7) is 1.93. The summed E-state index contributed by atoms with van der Waals surface area (Å²) in [4.78, 5) is 13.1. The molecule has 0 aliphatic rings. The van der Waals surface area contributed by atoms with Crippen molar-refractivity contribution in [1.29, 1.82) is 5.26 Å². The quantitative estimate of drug-likeness (QED) is 0.296. The smallest absolute Gasteiger partial charge is 0.360 e. The molecule has 0 rings (SSSR count). The lowest BCUT2D eigenvalue weighted by Gasteiger charge is -1.89. The molecule has 1 radical (unpaired) electrons. The van der Waals surface area contributed by atoms with Crippen LogP contribution >= 0.6 is 0 Å². The molecule has 0 aliphatic carbocycles. The number of esters is 1. The third-order valence-electron chi connectivity index (χ3n) is 0.473. The van der Waals surface area contributed by atoms with Crippen LogP contribution in [0.3, 0.4) is 0 Å². The Bertz CT molecular complexity index is 157. The normalized spacial score (nSPS) is 8.89. The lowest BCUT2D eigenvalue weighted by molar-refractivity contribution is -0.134. The molecule has 0 heterocycles. The van der Waals surface area contributed by atoms with Gasteiger partial charge in [0.15, 0.2) is 6.21 Å². The van der Waals surface area contributed by atoms with Crippen LogP contribution in [-0.2, 0) is 9.53 Å². The Hall–Kier alpha value is -1.37. The van der Waals surface area contributed by atoms with E-state index in [-0.39, 0.29) is 6.61 Å². The first kappa shape index (κ1) is 7.63. The Balaban J connectivity index is 3.53. The fraction of sp³-hybridized carbons (Fsp3) is 0.400. The highest BCUT2D eigenvalue weighted by Crippen LogP contribution is 1.71. The fourth-order valence-electron chi connectivity index (χ4n) is 0.234. The minimum absolute atomic E-state index is 0.271. The molecule has 0 amide bonds. The highest BCUT2D eigenvalue weighted by Gasteiger charge is 1.93. The summed E-state index contributed by atoms with van der Waals surface area (Å²) < 4.78 is 4.35. The first-order chi connectivity index (χ1) is 4.31. The van der Waals surface area contributed by atoms with Crippen molar-refractivity contribution >= 4 is 12.2 Å². The van der Waals surface area contributed by atoms with Crippen LogP contribution in [0.1, 0.15) is 6.92 Å². The van der Waals surface area contributed by atoms with Crippen molar-refractivity contribution in [3.8, 4) is 6.19 Å². The Kier molecular flexibility index (Phi) is 4.05. The van der Waals surface area contributed by atoms with Crippen LogP contribution in [0.5, 0.6) is 0 Å². The number of ether oxygens (including phenoxy) is 1. The lowest BCUT2D eigenvalue weighted by atomic mass is 10.7. The van der Waals surface area contributed by atoms with Crippen molar-refractivity contribution in [3.63, 3.8) is 0 Å². The number of nitriles is 1. The average molecular weight is 125 g/mol. The Morgan fingerprint density at radius 2 is 2.56 bits per heavy atom. The van der Waals surface area contributed by atoms with Crippen LogP contribution in [0.2, 0.25) is 0 Å². The third-order valence-corrected chi connectivity index (χ3v) is 0.473. The zero-order valence-corrected chi connectivity index (χ0v) is 4.92. The van der Waals surface area contributed by atoms with Gasteiger partial charge >= 0.3 is 5.97 Å². The monoisotopic (exact) mass is 125 g/mol. The largest absolute Gasteiger partial charge is 0.461 e. The molecule has 0 unspecified atom stereocenters. The molecule has 0 aromatic heterocycles. The number of aliphatic imine (C=N–C) groups is 1. The molecule has 0 aliphatic heterocycles. The standard InChI is InChI=1S/C5H5N2O2/c1-2-9-5(8)3-7-4-6/h2H2,1H3. The van der Waals surface area contributed by atoms with E-state index in [1.54, 1.807) is 6.92 Å². The van der Waals surface area contributed by atoms with Gasteiger partial charge in [-0.15, -0.1) is 0 Å². The second-order valence-electron chi connectivity index (χ2n) is 1.04. The SMILES string of the molecule is CCOC(=O)[C]=NC#N. The van der Waals surface area contributed by atoms with Gasteiger partial charge in [-0.3, -0.25) is 0 Å². The summed E-state index contributed by atoms with van der Waals surface area (Å²) in [5.41, 5.74) is 0. The van der Waals surface area contributed by atoms with E-state index in [2.05, 4.69) is 9.73 Å². The molecule has 0 saturated heterocycles. The van der Waals surface area contributed by atoms with Crippen LogP contribution in [-0.4, -0.2) is 18.8 Å².